The summed E-state index contributed by atoms with van der Waals surface area (Å²) in [5.41, 5.74) is 0. The van der Waals surface area contributed by atoms with Gasteiger partial charge in [0.1, 0.15) is 0 Å². The monoisotopic (exact) mass is 342 g/mol. The minimum atomic E-state index is 0.790. The zero-order chi connectivity index (χ0) is 13.2. The van der Waals surface area contributed by atoms with Crippen molar-refractivity contribution in [3.63, 3.8) is 0 Å². The number of piperidine rings is 1. The second-order valence-electron chi connectivity index (χ2n) is 5.96. The second-order valence-corrected chi connectivity index (χ2v) is 7.88. The Morgan fingerprint density at radius 2 is 2.11 bits per heavy atom. The lowest BCUT2D eigenvalue weighted by molar-refractivity contribution is 0.135. The van der Waals surface area contributed by atoms with Crippen LogP contribution in [0.3, 0.4) is 0 Å². The maximum absolute atomic E-state index is 3.75. The zero-order valence-electron chi connectivity index (χ0n) is 11.6. The molecule has 0 saturated carbocycles. The van der Waals surface area contributed by atoms with Gasteiger partial charge < -0.3 is 5.32 Å². The molecule has 1 N–H and O–H groups in total. The van der Waals surface area contributed by atoms with Crippen molar-refractivity contribution in [1.82, 2.24) is 10.2 Å². The molecule has 2 fully saturated rings. The summed E-state index contributed by atoms with van der Waals surface area (Å²) in [6, 6.07) is 4.65. The van der Waals surface area contributed by atoms with Gasteiger partial charge in [-0.15, -0.1) is 11.3 Å². The van der Waals surface area contributed by atoms with Crippen molar-refractivity contribution in [3.05, 3.63) is 20.8 Å². The minimum absolute atomic E-state index is 0.790. The lowest BCUT2D eigenvalue weighted by atomic mass is 9.98. The second kappa shape index (κ2) is 6.25. The van der Waals surface area contributed by atoms with E-state index in [1.165, 1.54) is 48.0 Å². The van der Waals surface area contributed by atoms with Crippen LogP contribution in [0.1, 0.15) is 43.9 Å². The Hall–Kier alpha value is 0.1000. The van der Waals surface area contributed by atoms with Crippen molar-refractivity contribution < 1.29 is 0 Å². The lowest BCUT2D eigenvalue weighted by Crippen LogP contribution is -2.48. The van der Waals surface area contributed by atoms with Gasteiger partial charge in [0.15, 0.2) is 0 Å². The van der Waals surface area contributed by atoms with Crippen molar-refractivity contribution in [2.24, 2.45) is 0 Å². The molecular weight excluding hydrogens is 320 g/mol. The summed E-state index contributed by atoms with van der Waals surface area (Å²) >= 11 is 5.45. The van der Waals surface area contributed by atoms with Crippen LogP contribution >= 0.6 is 27.3 Å². The molecule has 106 valence electrons. The van der Waals surface area contributed by atoms with Gasteiger partial charge in [-0.05, 0) is 60.6 Å². The minimum Gasteiger partial charge on any atom is -0.311 e. The molecule has 2 nitrogen and oxygen atoms in total. The average Bonchev–Trinajstić information content (AvgIpc) is 2.95. The number of rotatable bonds is 5. The van der Waals surface area contributed by atoms with Gasteiger partial charge in [-0.25, -0.2) is 0 Å². The van der Waals surface area contributed by atoms with E-state index >= 15 is 0 Å². The van der Waals surface area contributed by atoms with Crippen LogP contribution in [-0.2, 0) is 6.54 Å². The molecule has 19 heavy (non-hydrogen) atoms. The molecule has 2 unspecified atom stereocenters. The Morgan fingerprint density at radius 1 is 1.37 bits per heavy atom. The van der Waals surface area contributed by atoms with Crippen LogP contribution in [0.4, 0.5) is 0 Å². The Kier molecular flexibility index (Phi) is 4.62. The highest BCUT2D eigenvalue weighted by atomic mass is 79.9. The van der Waals surface area contributed by atoms with E-state index in [-0.39, 0.29) is 0 Å². The molecule has 0 amide bonds. The Morgan fingerprint density at radius 3 is 2.68 bits per heavy atom. The molecule has 2 bridgehead atoms. The third-order valence-electron chi connectivity index (χ3n) is 4.46. The molecule has 1 aromatic heterocycles. The van der Waals surface area contributed by atoms with Gasteiger partial charge >= 0.3 is 0 Å². The number of fused-ring (bicyclic) bond motifs is 2. The molecule has 3 heterocycles. The first-order chi connectivity index (χ1) is 9.24. The number of hydrogen-bond donors (Lipinski definition) is 1. The maximum Gasteiger partial charge on any atom is 0.0331 e. The van der Waals surface area contributed by atoms with E-state index in [1.807, 2.05) is 11.3 Å². The first-order valence-corrected chi connectivity index (χ1v) is 9.15. The quantitative estimate of drug-likeness (QED) is 0.869. The summed E-state index contributed by atoms with van der Waals surface area (Å²) in [4.78, 5) is 4.22. The summed E-state index contributed by atoms with van der Waals surface area (Å²) in [5.74, 6) is 0. The van der Waals surface area contributed by atoms with E-state index < -0.39 is 0 Å². The molecule has 2 atom stereocenters. The van der Waals surface area contributed by atoms with Crippen molar-refractivity contribution in [1.29, 1.82) is 0 Å². The predicted molar refractivity (Wildman–Crippen MR) is 85.7 cm³/mol. The Bertz CT molecular complexity index is 408. The number of hydrogen-bond acceptors (Lipinski definition) is 3. The number of nitrogens with one attached hydrogen (secondary N) is 1. The summed E-state index contributed by atoms with van der Waals surface area (Å²) in [5, 5.41) is 5.95. The van der Waals surface area contributed by atoms with Gasteiger partial charge in [-0.1, -0.05) is 6.92 Å². The molecule has 0 radical (unpaired) electrons. The highest BCUT2D eigenvalue weighted by Gasteiger charge is 2.35. The van der Waals surface area contributed by atoms with E-state index in [0.717, 1.165) is 24.7 Å². The molecule has 4 heteroatoms. The van der Waals surface area contributed by atoms with E-state index in [1.54, 1.807) is 0 Å². The van der Waals surface area contributed by atoms with Gasteiger partial charge in [-0.2, -0.15) is 0 Å². The highest BCUT2D eigenvalue weighted by molar-refractivity contribution is 9.10. The molecule has 0 spiro atoms. The van der Waals surface area contributed by atoms with E-state index in [2.05, 4.69) is 44.5 Å². The average molecular weight is 343 g/mol. The fourth-order valence-electron chi connectivity index (χ4n) is 3.64. The van der Waals surface area contributed by atoms with Crippen LogP contribution in [0, 0.1) is 0 Å². The SMILES string of the molecule is CCCN(Cc1cc(Br)cs1)C1CC2CCC(C1)N2. The number of thiophene rings is 1. The fraction of sp³-hybridized carbons (Fsp3) is 0.733. The van der Waals surface area contributed by atoms with Crippen molar-refractivity contribution >= 4 is 27.3 Å². The van der Waals surface area contributed by atoms with Crippen LogP contribution in [0.15, 0.2) is 15.9 Å². The van der Waals surface area contributed by atoms with Gasteiger partial charge in [-0.3, -0.25) is 4.90 Å². The van der Waals surface area contributed by atoms with E-state index in [4.69, 9.17) is 0 Å². The van der Waals surface area contributed by atoms with E-state index in [0.29, 0.717) is 0 Å². The first kappa shape index (κ1) is 14.1. The molecule has 3 rings (SSSR count). The largest absolute Gasteiger partial charge is 0.311 e. The number of halogens is 1. The maximum atomic E-state index is 3.75. The van der Waals surface area contributed by atoms with Gasteiger partial charge in [0.05, 0.1) is 0 Å². The van der Waals surface area contributed by atoms with Crippen molar-refractivity contribution in [3.8, 4) is 0 Å². The lowest BCUT2D eigenvalue weighted by Gasteiger charge is -2.37. The molecule has 1 aromatic rings. The highest BCUT2D eigenvalue weighted by Crippen LogP contribution is 2.31. The van der Waals surface area contributed by atoms with Gasteiger partial charge in [0, 0.05) is 39.4 Å². The van der Waals surface area contributed by atoms with E-state index in [9.17, 15) is 0 Å². The molecule has 2 aliphatic rings. The van der Waals surface area contributed by atoms with Crippen LogP contribution in [-0.4, -0.2) is 29.6 Å². The molecular formula is C15H23BrN2S. The van der Waals surface area contributed by atoms with Gasteiger partial charge in [0.25, 0.3) is 0 Å². The third kappa shape index (κ3) is 3.41. The predicted octanol–water partition coefficient (Wildman–Crippen LogP) is 4.01. The summed E-state index contributed by atoms with van der Waals surface area (Å²) < 4.78 is 1.23. The van der Waals surface area contributed by atoms with Crippen LogP contribution < -0.4 is 5.32 Å². The first-order valence-electron chi connectivity index (χ1n) is 7.47. The van der Waals surface area contributed by atoms with Crippen LogP contribution in [0.5, 0.6) is 0 Å². The molecule has 0 aliphatic carbocycles. The zero-order valence-corrected chi connectivity index (χ0v) is 14.0. The third-order valence-corrected chi connectivity index (χ3v) is 6.14. The van der Waals surface area contributed by atoms with Crippen molar-refractivity contribution in [2.45, 2.75) is 63.7 Å². The Labute approximate surface area is 128 Å². The van der Waals surface area contributed by atoms with Crippen LogP contribution in [0.25, 0.3) is 0 Å². The van der Waals surface area contributed by atoms with Gasteiger partial charge in [0.2, 0.25) is 0 Å². The molecule has 0 aromatic carbocycles. The number of nitrogens with zero attached hydrogens (tertiary/aromatic N) is 1. The topological polar surface area (TPSA) is 15.3 Å². The van der Waals surface area contributed by atoms with Crippen LogP contribution in [0.2, 0.25) is 0 Å². The Balaban J connectivity index is 1.66. The normalized spacial score (nSPS) is 30.2. The summed E-state index contributed by atoms with van der Waals surface area (Å²) in [6.07, 6.45) is 6.75. The standard InChI is InChI=1S/C15H23BrN2S/c1-2-5-18(9-15-6-11(16)10-19-15)14-7-12-3-4-13(8-14)17-12/h6,10,12-14,17H,2-5,7-9H2,1H3. The van der Waals surface area contributed by atoms with Crippen molar-refractivity contribution in [2.75, 3.05) is 6.54 Å². The smallest absolute Gasteiger partial charge is 0.0331 e. The summed E-state index contributed by atoms with van der Waals surface area (Å²) in [7, 11) is 0. The summed E-state index contributed by atoms with van der Waals surface area (Å²) in [6.45, 7) is 4.67. The molecule has 2 saturated heterocycles. The fourth-order valence-corrected chi connectivity index (χ4v) is 5.12. The molecule has 2 aliphatic heterocycles.